The standard InChI is InChI=1S/C17H23N3/c1-12-6-5-7-16(10-12)20-15(4)19-14(3)17-8-9-18-11-13(17)2/h5-7,9-10,13,17,19-20H,3-4,8,11H2,1-2H3. The van der Waals surface area contributed by atoms with Gasteiger partial charge in [0.25, 0.3) is 0 Å². The first-order chi connectivity index (χ1) is 9.56. The Balaban J connectivity index is 1.91. The Hall–Kier alpha value is -2.03. The third kappa shape index (κ3) is 3.73. The zero-order chi connectivity index (χ0) is 14.5. The topological polar surface area (TPSA) is 36.4 Å². The summed E-state index contributed by atoms with van der Waals surface area (Å²) in [5.41, 5.74) is 3.26. The Morgan fingerprint density at radius 1 is 1.35 bits per heavy atom. The molecule has 0 saturated heterocycles. The van der Waals surface area contributed by atoms with Crippen molar-refractivity contribution in [2.24, 2.45) is 16.8 Å². The monoisotopic (exact) mass is 269 g/mol. The molecule has 1 aliphatic rings. The third-order valence-corrected chi connectivity index (χ3v) is 3.64. The summed E-state index contributed by atoms with van der Waals surface area (Å²) in [5, 5.41) is 6.55. The molecule has 0 spiro atoms. The number of aliphatic imine (C=N–C) groups is 1. The van der Waals surface area contributed by atoms with Crippen LogP contribution in [0, 0.1) is 18.8 Å². The molecule has 106 valence electrons. The van der Waals surface area contributed by atoms with E-state index in [4.69, 9.17) is 0 Å². The van der Waals surface area contributed by atoms with E-state index in [9.17, 15) is 0 Å². The zero-order valence-corrected chi connectivity index (χ0v) is 12.3. The molecule has 2 N–H and O–H groups in total. The first-order valence-corrected chi connectivity index (χ1v) is 7.03. The average Bonchev–Trinajstić information content (AvgIpc) is 2.38. The molecule has 0 saturated carbocycles. The van der Waals surface area contributed by atoms with Gasteiger partial charge in [0.1, 0.15) is 0 Å². The second kappa shape index (κ2) is 6.42. The van der Waals surface area contributed by atoms with Gasteiger partial charge in [-0.3, -0.25) is 4.99 Å². The van der Waals surface area contributed by atoms with Gasteiger partial charge in [-0.2, -0.15) is 0 Å². The Morgan fingerprint density at radius 2 is 2.15 bits per heavy atom. The summed E-state index contributed by atoms with van der Waals surface area (Å²) >= 11 is 0. The van der Waals surface area contributed by atoms with E-state index in [1.807, 2.05) is 18.3 Å². The van der Waals surface area contributed by atoms with Crippen LogP contribution in [0.2, 0.25) is 0 Å². The van der Waals surface area contributed by atoms with E-state index in [2.05, 4.69) is 54.8 Å². The van der Waals surface area contributed by atoms with E-state index in [1.54, 1.807) is 0 Å². The van der Waals surface area contributed by atoms with Gasteiger partial charge >= 0.3 is 0 Å². The molecular weight excluding hydrogens is 246 g/mol. The molecule has 0 amide bonds. The van der Waals surface area contributed by atoms with Gasteiger partial charge in [0.05, 0.1) is 5.82 Å². The molecule has 0 fully saturated rings. The highest BCUT2D eigenvalue weighted by molar-refractivity contribution is 5.59. The molecular formula is C17H23N3. The van der Waals surface area contributed by atoms with E-state index in [0.29, 0.717) is 11.8 Å². The molecule has 2 unspecified atom stereocenters. The summed E-state index contributed by atoms with van der Waals surface area (Å²) < 4.78 is 0. The number of anilines is 1. The van der Waals surface area contributed by atoms with E-state index in [1.165, 1.54) is 5.56 Å². The molecule has 0 bridgehead atoms. The number of rotatable bonds is 5. The van der Waals surface area contributed by atoms with Crippen molar-refractivity contribution in [3.05, 3.63) is 54.5 Å². The molecule has 20 heavy (non-hydrogen) atoms. The first kappa shape index (κ1) is 14.4. The summed E-state index contributed by atoms with van der Waals surface area (Å²) in [5.74, 6) is 1.70. The SMILES string of the molecule is C=C(NC(=C)C1CC=NCC1C)Nc1cccc(C)c1. The zero-order valence-electron chi connectivity index (χ0n) is 12.3. The van der Waals surface area contributed by atoms with Gasteiger partial charge in [-0.15, -0.1) is 0 Å². The molecule has 1 aromatic carbocycles. The van der Waals surface area contributed by atoms with Crippen LogP contribution in [0.3, 0.4) is 0 Å². The van der Waals surface area contributed by atoms with Gasteiger partial charge in [0.15, 0.2) is 0 Å². The highest BCUT2D eigenvalue weighted by atomic mass is 15.1. The van der Waals surface area contributed by atoms with Gasteiger partial charge in [0, 0.05) is 23.8 Å². The summed E-state index contributed by atoms with van der Waals surface area (Å²) in [4.78, 5) is 4.32. The number of nitrogens with zero attached hydrogens (tertiary/aromatic N) is 1. The lowest BCUT2D eigenvalue weighted by Gasteiger charge is -2.28. The van der Waals surface area contributed by atoms with Crippen LogP contribution in [0.25, 0.3) is 0 Å². The molecule has 2 rings (SSSR count). The lowest BCUT2D eigenvalue weighted by Crippen LogP contribution is -2.29. The summed E-state index contributed by atoms with van der Waals surface area (Å²) in [7, 11) is 0. The Kier molecular flexibility index (Phi) is 4.61. The number of hydrogen-bond acceptors (Lipinski definition) is 3. The number of hydrogen-bond donors (Lipinski definition) is 2. The minimum absolute atomic E-state index is 0.420. The number of allylic oxidation sites excluding steroid dienone is 1. The molecule has 0 radical (unpaired) electrons. The maximum atomic E-state index is 4.32. The van der Waals surface area contributed by atoms with Crippen molar-refractivity contribution in [2.75, 3.05) is 11.9 Å². The molecule has 0 aromatic heterocycles. The van der Waals surface area contributed by atoms with Crippen LogP contribution in [-0.4, -0.2) is 12.8 Å². The fraction of sp³-hybridized carbons (Fsp3) is 0.353. The number of nitrogens with one attached hydrogen (secondary N) is 2. The van der Waals surface area contributed by atoms with Crippen molar-refractivity contribution >= 4 is 11.9 Å². The normalized spacial score (nSPS) is 21.3. The van der Waals surface area contributed by atoms with Crippen molar-refractivity contribution < 1.29 is 0 Å². The number of benzene rings is 1. The van der Waals surface area contributed by atoms with Crippen LogP contribution in [0.15, 0.2) is 53.9 Å². The second-order valence-corrected chi connectivity index (χ2v) is 5.49. The second-order valence-electron chi connectivity index (χ2n) is 5.49. The smallest absolute Gasteiger partial charge is 0.0999 e. The highest BCUT2D eigenvalue weighted by Gasteiger charge is 2.22. The minimum Gasteiger partial charge on any atom is -0.346 e. The summed E-state index contributed by atoms with van der Waals surface area (Å²) in [6.07, 6.45) is 2.94. The lowest BCUT2D eigenvalue weighted by atomic mass is 9.87. The fourth-order valence-electron chi connectivity index (χ4n) is 2.49. The molecule has 0 aliphatic carbocycles. The van der Waals surface area contributed by atoms with E-state index >= 15 is 0 Å². The summed E-state index contributed by atoms with van der Waals surface area (Å²) in [6.45, 7) is 13.3. The summed E-state index contributed by atoms with van der Waals surface area (Å²) in [6, 6.07) is 8.22. The quantitative estimate of drug-likeness (QED) is 0.855. The third-order valence-electron chi connectivity index (χ3n) is 3.64. The van der Waals surface area contributed by atoms with Crippen LogP contribution in [0.1, 0.15) is 18.9 Å². The van der Waals surface area contributed by atoms with Crippen LogP contribution in [0.4, 0.5) is 5.69 Å². The van der Waals surface area contributed by atoms with Crippen molar-refractivity contribution in [1.29, 1.82) is 0 Å². The molecule has 2 atom stereocenters. The maximum Gasteiger partial charge on any atom is 0.0999 e. The minimum atomic E-state index is 0.420. The van der Waals surface area contributed by atoms with Gasteiger partial charge in [0.2, 0.25) is 0 Å². The van der Waals surface area contributed by atoms with Crippen LogP contribution in [-0.2, 0) is 0 Å². The Morgan fingerprint density at radius 3 is 2.85 bits per heavy atom. The van der Waals surface area contributed by atoms with Crippen LogP contribution >= 0.6 is 0 Å². The lowest BCUT2D eigenvalue weighted by molar-refractivity contribution is 0.405. The predicted octanol–water partition coefficient (Wildman–Crippen LogP) is 3.71. The predicted molar refractivity (Wildman–Crippen MR) is 86.8 cm³/mol. The van der Waals surface area contributed by atoms with Gasteiger partial charge in [-0.1, -0.05) is 32.2 Å². The fourth-order valence-corrected chi connectivity index (χ4v) is 2.49. The van der Waals surface area contributed by atoms with Crippen molar-refractivity contribution in [3.8, 4) is 0 Å². The average molecular weight is 269 g/mol. The number of aryl methyl sites for hydroxylation is 1. The molecule has 1 aromatic rings. The van der Waals surface area contributed by atoms with Gasteiger partial charge in [-0.05, 0) is 43.2 Å². The van der Waals surface area contributed by atoms with E-state index < -0.39 is 0 Å². The van der Waals surface area contributed by atoms with Crippen LogP contribution < -0.4 is 10.6 Å². The van der Waals surface area contributed by atoms with Crippen molar-refractivity contribution in [2.45, 2.75) is 20.3 Å². The molecule has 1 heterocycles. The van der Waals surface area contributed by atoms with Crippen molar-refractivity contribution in [1.82, 2.24) is 5.32 Å². The maximum absolute atomic E-state index is 4.32. The van der Waals surface area contributed by atoms with Crippen LogP contribution in [0.5, 0.6) is 0 Å². The van der Waals surface area contributed by atoms with Gasteiger partial charge in [-0.25, -0.2) is 0 Å². The molecule has 1 aliphatic heterocycles. The van der Waals surface area contributed by atoms with Crippen molar-refractivity contribution in [3.63, 3.8) is 0 Å². The first-order valence-electron chi connectivity index (χ1n) is 7.03. The van der Waals surface area contributed by atoms with E-state index in [-0.39, 0.29) is 0 Å². The Labute approximate surface area is 121 Å². The largest absolute Gasteiger partial charge is 0.346 e. The van der Waals surface area contributed by atoms with E-state index in [0.717, 1.165) is 30.2 Å². The Bertz CT molecular complexity index is 531. The van der Waals surface area contributed by atoms with Gasteiger partial charge < -0.3 is 10.6 Å². The molecule has 3 nitrogen and oxygen atoms in total. The highest BCUT2D eigenvalue weighted by Crippen LogP contribution is 2.24. The molecule has 3 heteroatoms.